The van der Waals surface area contributed by atoms with E-state index in [9.17, 15) is 0 Å². The number of rotatable bonds is 4. The van der Waals surface area contributed by atoms with Gasteiger partial charge in [-0.15, -0.1) is 0 Å². The van der Waals surface area contributed by atoms with E-state index in [0.29, 0.717) is 12.2 Å². The molecule has 17 heavy (non-hydrogen) atoms. The van der Waals surface area contributed by atoms with Crippen LogP contribution in [-0.2, 0) is 22.3 Å². The fourth-order valence-electron chi connectivity index (χ4n) is 1.93. The van der Waals surface area contributed by atoms with Gasteiger partial charge < -0.3 is 9.47 Å². The summed E-state index contributed by atoms with van der Waals surface area (Å²) in [6, 6.07) is 2.19. The van der Waals surface area contributed by atoms with Crippen LogP contribution in [0.2, 0.25) is 0 Å². The lowest BCUT2D eigenvalue weighted by molar-refractivity contribution is 0.401. The highest BCUT2D eigenvalue weighted by Gasteiger charge is 2.29. The van der Waals surface area contributed by atoms with Gasteiger partial charge in [0, 0.05) is 26.3 Å². The Morgan fingerprint density at radius 3 is 2.18 bits per heavy atom. The summed E-state index contributed by atoms with van der Waals surface area (Å²) in [5.74, 6) is 0. The fraction of sp³-hybridized carbons (Fsp3) is 0.500. The van der Waals surface area contributed by atoms with Crippen LogP contribution in [0, 0.1) is 0 Å². The van der Waals surface area contributed by atoms with Gasteiger partial charge in [-0.05, 0) is 65.0 Å². The molecular weight excluding hydrogens is 416 g/mol. The van der Waals surface area contributed by atoms with Crippen molar-refractivity contribution in [3.8, 4) is 0 Å². The molecule has 2 heterocycles. The Morgan fingerprint density at radius 1 is 1.00 bits per heavy atom. The molecule has 2 unspecified atom stereocenters. The van der Waals surface area contributed by atoms with Gasteiger partial charge >= 0.3 is 0 Å². The van der Waals surface area contributed by atoms with Crippen LogP contribution in [0.4, 0.5) is 0 Å². The van der Waals surface area contributed by atoms with Crippen LogP contribution in [0.15, 0.2) is 19.5 Å². The lowest BCUT2D eigenvalue weighted by Crippen LogP contribution is -2.04. The van der Waals surface area contributed by atoms with Crippen molar-refractivity contribution < 1.29 is 9.47 Å². The van der Waals surface area contributed by atoms with Gasteiger partial charge in [0.25, 0.3) is 0 Å². The summed E-state index contributed by atoms with van der Waals surface area (Å²) in [7, 11) is 0. The molecule has 0 radical (unpaired) electrons. The minimum atomic E-state index is 0.401. The number of benzene rings is 1. The average molecular weight is 427 g/mol. The predicted octanol–water partition coefficient (Wildman–Crippen LogP) is 3.86. The molecule has 0 aliphatic carbocycles. The monoisotopic (exact) mass is 424 g/mol. The summed E-state index contributed by atoms with van der Waals surface area (Å²) in [5.41, 5.74) is 2.70. The normalized spacial score (nSPS) is 26.1. The Morgan fingerprint density at radius 2 is 1.59 bits per heavy atom. The summed E-state index contributed by atoms with van der Waals surface area (Å²) in [6.07, 6.45) is 2.79. The van der Waals surface area contributed by atoms with Crippen LogP contribution >= 0.6 is 47.8 Å². The summed E-state index contributed by atoms with van der Waals surface area (Å²) in [5, 5.41) is 0. The van der Waals surface area contributed by atoms with E-state index in [4.69, 9.17) is 9.47 Å². The zero-order chi connectivity index (χ0) is 12.0. The van der Waals surface area contributed by atoms with Crippen LogP contribution in [0.25, 0.3) is 0 Å². The number of hydrogen-bond donors (Lipinski definition) is 0. The Balaban J connectivity index is 1.96. The van der Waals surface area contributed by atoms with E-state index in [-0.39, 0.29) is 0 Å². The molecule has 92 valence electrons. The van der Waals surface area contributed by atoms with Gasteiger partial charge in [0.05, 0.1) is 25.4 Å². The number of hydrogen-bond acceptors (Lipinski definition) is 2. The van der Waals surface area contributed by atoms with E-state index in [1.807, 2.05) is 0 Å². The second kappa shape index (κ2) is 4.93. The van der Waals surface area contributed by atoms with Crippen LogP contribution < -0.4 is 0 Å². The number of ether oxygens (including phenoxy) is 2. The first-order valence-corrected chi connectivity index (χ1v) is 7.91. The number of halogens is 3. The van der Waals surface area contributed by atoms with Crippen molar-refractivity contribution in [1.82, 2.24) is 0 Å². The first kappa shape index (κ1) is 12.6. The molecule has 2 aliphatic rings. The molecule has 0 spiro atoms. The minimum absolute atomic E-state index is 0.401. The lowest BCUT2D eigenvalue weighted by Gasteiger charge is -2.13. The molecule has 0 bridgehead atoms. The average Bonchev–Trinajstić information content (AvgIpc) is 3.15. The topological polar surface area (TPSA) is 25.1 Å². The molecule has 0 N–H and O–H groups in total. The maximum atomic E-state index is 5.33. The van der Waals surface area contributed by atoms with Crippen molar-refractivity contribution in [2.45, 2.75) is 25.0 Å². The SMILES string of the molecule is Brc1cc(CC2CO2)c(CC2CO2)c(Br)c1Br. The summed E-state index contributed by atoms with van der Waals surface area (Å²) >= 11 is 10.8. The van der Waals surface area contributed by atoms with E-state index in [0.717, 1.165) is 39.5 Å². The van der Waals surface area contributed by atoms with Crippen LogP contribution in [0.1, 0.15) is 11.1 Å². The van der Waals surface area contributed by atoms with E-state index < -0.39 is 0 Å². The zero-order valence-electron chi connectivity index (χ0n) is 9.01. The summed E-state index contributed by atoms with van der Waals surface area (Å²) in [6.45, 7) is 1.78. The fourth-order valence-corrected chi connectivity index (χ4v) is 3.65. The lowest BCUT2D eigenvalue weighted by atomic mass is 9.99. The van der Waals surface area contributed by atoms with Crippen molar-refractivity contribution in [2.75, 3.05) is 13.2 Å². The molecule has 1 aromatic carbocycles. The minimum Gasteiger partial charge on any atom is -0.373 e. The molecule has 5 heteroatoms. The van der Waals surface area contributed by atoms with Crippen molar-refractivity contribution in [3.63, 3.8) is 0 Å². The standard InChI is InChI=1S/C12H11Br3O2/c13-10-2-6(1-7-4-16-7)9(3-8-5-17-8)11(14)12(10)15/h2,7-8H,1,3-5H2. The first-order chi connectivity index (χ1) is 8.15. The highest BCUT2D eigenvalue weighted by molar-refractivity contribution is 9.14. The maximum Gasteiger partial charge on any atom is 0.0850 e. The summed E-state index contributed by atoms with van der Waals surface area (Å²) in [4.78, 5) is 0. The summed E-state index contributed by atoms with van der Waals surface area (Å²) < 4.78 is 14.0. The van der Waals surface area contributed by atoms with E-state index in [1.165, 1.54) is 11.1 Å². The van der Waals surface area contributed by atoms with E-state index in [1.54, 1.807) is 0 Å². The Labute approximate surface area is 125 Å². The third-order valence-corrected chi connectivity index (χ3v) is 6.43. The molecule has 2 fully saturated rings. The molecule has 3 rings (SSSR count). The Hall–Kier alpha value is 0.580. The predicted molar refractivity (Wildman–Crippen MR) is 76.4 cm³/mol. The smallest absolute Gasteiger partial charge is 0.0850 e. The molecule has 2 atom stereocenters. The molecule has 2 saturated heterocycles. The van der Waals surface area contributed by atoms with Crippen molar-refractivity contribution >= 4 is 47.8 Å². The second-order valence-corrected chi connectivity index (χ2v) is 6.88. The Kier molecular flexibility index (Phi) is 3.65. The molecule has 2 nitrogen and oxygen atoms in total. The molecular formula is C12H11Br3O2. The van der Waals surface area contributed by atoms with Gasteiger partial charge in [-0.25, -0.2) is 0 Å². The van der Waals surface area contributed by atoms with Gasteiger partial charge in [0.2, 0.25) is 0 Å². The van der Waals surface area contributed by atoms with E-state index >= 15 is 0 Å². The molecule has 2 aliphatic heterocycles. The van der Waals surface area contributed by atoms with Gasteiger partial charge in [0.1, 0.15) is 0 Å². The Bertz CT molecular complexity index is 454. The van der Waals surface area contributed by atoms with Gasteiger partial charge in [-0.1, -0.05) is 0 Å². The quantitative estimate of drug-likeness (QED) is 0.539. The molecule has 0 aromatic heterocycles. The van der Waals surface area contributed by atoms with Gasteiger partial charge in [0.15, 0.2) is 0 Å². The van der Waals surface area contributed by atoms with Crippen molar-refractivity contribution in [1.29, 1.82) is 0 Å². The third-order valence-electron chi connectivity index (χ3n) is 3.04. The highest BCUT2D eigenvalue weighted by atomic mass is 79.9. The first-order valence-electron chi connectivity index (χ1n) is 5.53. The van der Waals surface area contributed by atoms with Crippen molar-refractivity contribution in [3.05, 3.63) is 30.6 Å². The second-order valence-electron chi connectivity index (χ2n) is 4.44. The number of epoxide rings is 2. The molecule has 1 aromatic rings. The highest BCUT2D eigenvalue weighted by Crippen LogP contribution is 2.38. The van der Waals surface area contributed by atoms with Gasteiger partial charge in [-0.2, -0.15) is 0 Å². The zero-order valence-corrected chi connectivity index (χ0v) is 13.8. The van der Waals surface area contributed by atoms with Crippen LogP contribution in [-0.4, -0.2) is 25.4 Å². The van der Waals surface area contributed by atoms with Crippen molar-refractivity contribution in [2.24, 2.45) is 0 Å². The van der Waals surface area contributed by atoms with Crippen LogP contribution in [0.3, 0.4) is 0 Å². The van der Waals surface area contributed by atoms with Gasteiger partial charge in [-0.3, -0.25) is 0 Å². The van der Waals surface area contributed by atoms with E-state index in [2.05, 4.69) is 53.9 Å². The maximum absolute atomic E-state index is 5.33. The third kappa shape index (κ3) is 2.95. The van der Waals surface area contributed by atoms with Crippen LogP contribution in [0.5, 0.6) is 0 Å². The molecule has 0 saturated carbocycles. The molecule has 0 amide bonds. The largest absolute Gasteiger partial charge is 0.373 e.